The van der Waals surface area contributed by atoms with Crippen LogP contribution >= 0.6 is 23.4 Å². The second kappa shape index (κ2) is 10.8. The molecule has 7 heteroatoms. The molecule has 0 aliphatic carbocycles. The van der Waals surface area contributed by atoms with Gasteiger partial charge in [0, 0.05) is 17.3 Å². The fourth-order valence-corrected chi connectivity index (χ4v) is 3.31. The molecule has 0 fully saturated rings. The summed E-state index contributed by atoms with van der Waals surface area (Å²) in [4.78, 5) is 24.0. The number of benzene rings is 2. The standard InChI is InChI=1S/C20H22ClNO4S/c1-14(20(24)22-11-15-7-9-17(25-2)10-8-15)26-19(23)13-27-12-16-5-3-4-6-18(16)21/h3-10,14H,11-13H2,1-2H3,(H,22,24)/t14-/m1/s1. The SMILES string of the molecule is COc1ccc(CNC(=O)[C@@H](C)OC(=O)CSCc2ccccc2Cl)cc1. The summed E-state index contributed by atoms with van der Waals surface area (Å²) in [6.07, 6.45) is -0.850. The molecule has 1 N–H and O–H groups in total. The van der Waals surface area contributed by atoms with Gasteiger partial charge in [-0.25, -0.2) is 0 Å². The van der Waals surface area contributed by atoms with Crippen LogP contribution in [0.1, 0.15) is 18.1 Å². The number of carbonyl (C=O) groups excluding carboxylic acids is 2. The van der Waals surface area contributed by atoms with E-state index in [0.717, 1.165) is 16.9 Å². The van der Waals surface area contributed by atoms with Crippen molar-refractivity contribution >= 4 is 35.2 Å². The van der Waals surface area contributed by atoms with E-state index in [0.29, 0.717) is 17.3 Å². The maximum absolute atomic E-state index is 12.1. The number of carbonyl (C=O) groups is 2. The second-order valence-electron chi connectivity index (χ2n) is 5.78. The molecule has 1 amide bonds. The topological polar surface area (TPSA) is 64.6 Å². The van der Waals surface area contributed by atoms with Crippen LogP contribution in [0.25, 0.3) is 0 Å². The molecule has 1 atom stereocenters. The Morgan fingerprint density at radius 3 is 2.52 bits per heavy atom. The third-order valence-electron chi connectivity index (χ3n) is 3.74. The van der Waals surface area contributed by atoms with E-state index in [1.165, 1.54) is 11.8 Å². The molecule has 144 valence electrons. The molecule has 0 saturated carbocycles. The van der Waals surface area contributed by atoms with E-state index in [-0.39, 0.29) is 11.7 Å². The lowest BCUT2D eigenvalue weighted by Gasteiger charge is -2.13. The van der Waals surface area contributed by atoms with Crippen molar-refractivity contribution in [1.82, 2.24) is 5.32 Å². The second-order valence-corrected chi connectivity index (χ2v) is 7.17. The molecule has 0 aliphatic rings. The lowest BCUT2D eigenvalue weighted by Crippen LogP contribution is -2.35. The van der Waals surface area contributed by atoms with Crippen LogP contribution in [0.4, 0.5) is 0 Å². The Bertz CT molecular complexity index is 767. The average Bonchev–Trinajstić information content (AvgIpc) is 2.68. The quantitative estimate of drug-likeness (QED) is 0.640. The fourth-order valence-electron chi connectivity index (χ4n) is 2.22. The fraction of sp³-hybridized carbons (Fsp3) is 0.300. The van der Waals surface area contributed by atoms with Crippen LogP contribution < -0.4 is 10.1 Å². The summed E-state index contributed by atoms with van der Waals surface area (Å²) < 4.78 is 10.3. The van der Waals surface area contributed by atoms with Crippen molar-refractivity contribution in [2.24, 2.45) is 0 Å². The minimum Gasteiger partial charge on any atom is -0.497 e. The van der Waals surface area contributed by atoms with Gasteiger partial charge in [0.15, 0.2) is 6.10 Å². The number of amides is 1. The molecule has 0 heterocycles. The first-order chi connectivity index (χ1) is 13.0. The molecule has 0 aromatic heterocycles. The van der Waals surface area contributed by atoms with Gasteiger partial charge in [-0.1, -0.05) is 41.9 Å². The van der Waals surface area contributed by atoms with E-state index < -0.39 is 12.1 Å². The Labute approximate surface area is 168 Å². The summed E-state index contributed by atoms with van der Waals surface area (Å²) in [6.45, 7) is 1.91. The van der Waals surface area contributed by atoms with Crippen molar-refractivity contribution in [1.29, 1.82) is 0 Å². The minimum atomic E-state index is -0.850. The Morgan fingerprint density at radius 1 is 1.15 bits per heavy atom. The van der Waals surface area contributed by atoms with Crippen molar-refractivity contribution < 1.29 is 19.1 Å². The minimum absolute atomic E-state index is 0.154. The zero-order chi connectivity index (χ0) is 19.6. The van der Waals surface area contributed by atoms with Gasteiger partial charge < -0.3 is 14.8 Å². The van der Waals surface area contributed by atoms with E-state index in [4.69, 9.17) is 21.1 Å². The van der Waals surface area contributed by atoms with Crippen molar-refractivity contribution in [2.75, 3.05) is 12.9 Å². The average molecular weight is 408 g/mol. The van der Waals surface area contributed by atoms with E-state index >= 15 is 0 Å². The first kappa shape index (κ1) is 21.1. The monoisotopic (exact) mass is 407 g/mol. The number of nitrogens with one attached hydrogen (secondary N) is 1. The number of methoxy groups -OCH3 is 1. The number of thioether (sulfide) groups is 1. The summed E-state index contributed by atoms with van der Waals surface area (Å²) >= 11 is 7.47. The molecular formula is C20H22ClNO4S. The largest absolute Gasteiger partial charge is 0.497 e. The van der Waals surface area contributed by atoms with Gasteiger partial charge in [-0.3, -0.25) is 9.59 Å². The molecule has 27 heavy (non-hydrogen) atoms. The molecule has 0 saturated heterocycles. The molecule has 2 aromatic carbocycles. The van der Waals surface area contributed by atoms with Gasteiger partial charge in [-0.05, 0) is 36.2 Å². The number of ether oxygens (including phenoxy) is 2. The number of hydrogen-bond donors (Lipinski definition) is 1. The highest BCUT2D eigenvalue weighted by Crippen LogP contribution is 2.20. The Balaban J connectivity index is 1.69. The summed E-state index contributed by atoms with van der Waals surface area (Å²) in [7, 11) is 1.60. The number of rotatable bonds is 9. The summed E-state index contributed by atoms with van der Waals surface area (Å²) in [5.74, 6) is 0.741. The Morgan fingerprint density at radius 2 is 1.85 bits per heavy atom. The highest BCUT2D eigenvalue weighted by atomic mass is 35.5. The highest BCUT2D eigenvalue weighted by molar-refractivity contribution is 7.99. The number of esters is 1. The van der Waals surface area contributed by atoms with Crippen molar-refractivity contribution in [3.63, 3.8) is 0 Å². The molecular weight excluding hydrogens is 386 g/mol. The maximum atomic E-state index is 12.1. The van der Waals surface area contributed by atoms with Gasteiger partial charge >= 0.3 is 5.97 Å². The van der Waals surface area contributed by atoms with Crippen LogP contribution in [-0.2, 0) is 26.6 Å². The summed E-state index contributed by atoms with van der Waals surface area (Å²) in [5.41, 5.74) is 1.89. The molecule has 0 aliphatic heterocycles. The number of halogens is 1. The molecule has 5 nitrogen and oxygen atoms in total. The van der Waals surface area contributed by atoms with Crippen molar-refractivity contribution in [3.05, 3.63) is 64.7 Å². The zero-order valence-electron chi connectivity index (χ0n) is 15.2. The van der Waals surface area contributed by atoms with Crippen LogP contribution in [0, 0.1) is 0 Å². The normalized spacial score (nSPS) is 11.5. The molecule has 0 bridgehead atoms. The van der Waals surface area contributed by atoms with Gasteiger partial charge in [-0.15, -0.1) is 11.8 Å². The molecule has 0 radical (unpaired) electrons. The van der Waals surface area contributed by atoms with E-state index in [2.05, 4.69) is 5.32 Å². The molecule has 2 rings (SSSR count). The third kappa shape index (κ3) is 7.15. The third-order valence-corrected chi connectivity index (χ3v) is 5.06. The zero-order valence-corrected chi connectivity index (χ0v) is 16.8. The van der Waals surface area contributed by atoms with Crippen LogP contribution in [0.3, 0.4) is 0 Å². The molecule has 2 aromatic rings. The predicted molar refractivity (Wildman–Crippen MR) is 108 cm³/mol. The van der Waals surface area contributed by atoms with Crippen LogP contribution in [0.15, 0.2) is 48.5 Å². The lowest BCUT2D eigenvalue weighted by molar-refractivity contribution is -0.152. The van der Waals surface area contributed by atoms with E-state index in [1.54, 1.807) is 14.0 Å². The molecule has 0 spiro atoms. The first-order valence-electron chi connectivity index (χ1n) is 8.41. The lowest BCUT2D eigenvalue weighted by atomic mass is 10.2. The maximum Gasteiger partial charge on any atom is 0.316 e. The smallest absolute Gasteiger partial charge is 0.316 e. The predicted octanol–water partition coefficient (Wildman–Crippen LogP) is 3.83. The number of hydrogen-bond acceptors (Lipinski definition) is 5. The first-order valence-corrected chi connectivity index (χ1v) is 9.94. The Hall–Kier alpha value is -2.18. The van der Waals surface area contributed by atoms with Crippen LogP contribution in [0.2, 0.25) is 5.02 Å². The van der Waals surface area contributed by atoms with Gasteiger partial charge in [0.2, 0.25) is 0 Å². The Kier molecular flexibility index (Phi) is 8.48. The summed E-state index contributed by atoms with van der Waals surface area (Å²) in [5, 5.41) is 3.42. The van der Waals surface area contributed by atoms with Gasteiger partial charge in [0.25, 0.3) is 5.91 Å². The highest BCUT2D eigenvalue weighted by Gasteiger charge is 2.17. The van der Waals surface area contributed by atoms with Crippen LogP contribution in [0.5, 0.6) is 5.75 Å². The van der Waals surface area contributed by atoms with Gasteiger partial charge in [0.1, 0.15) is 5.75 Å². The van der Waals surface area contributed by atoms with Crippen molar-refractivity contribution in [2.45, 2.75) is 25.3 Å². The summed E-state index contributed by atoms with van der Waals surface area (Å²) in [6, 6.07) is 14.8. The van der Waals surface area contributed by atoms with Gasteiger partial charge in [0.05, 0.1) is 12.9 Å². The molecule has 0 unspecified atom stereocenters. The van der Waals surface area contributed by atoms with Crippen molar-refractivity contribution in [3.8, 4) is 5.75 Å². The van der Waals surface area contributed by atoms with Gasteiger partial charge in [-0.2, -0.15) is 0 Å². The van der Waals surface area contributed by atoms with E-state index in [9.17, 15) is 9.59 Å². The van der Waals surface area contributed by atoms with Crippen LogP contribution in [-0.4, -0.2) is 30.8 Å². The van der Waals surface area contributed by atoms with E-state index in [1.807, 2.05) is 48.5 Å².